The first-order valence-electron chi connectivity index (χ1n) is 5.37. The third-order valence-electron chi connectivity index (χ3n) is 3.31. The number of ketones is 2. The van der Waals surface area contributed by atoms with Crippen LogP contribution in [0, 0.1) is 11.8 Å². The maximum absolute atomic E-state index is 11.3. The van der Waals surface area contributed by atoms with Gasteiger partial charge in [-0.3, -0.25) is 9.59 Å². The molecule has 0 aromatic rings. The van der Waals surface area contributed by atoms with E-state index in [0.29, 0.717) is 24.7 Å². The van der Waals surface area contributed by atoms with Gasteiger partial charge in [-0.05, 0) is 24.7 Å². The molecule has 1 saturated heterocycles. The van der Waals surface area contributed by atoms with Crippen molar-refractivity contribution in [2.75, 3.05) is 13.2 Å². The monoisotopic (exact) mass is 196 g/mol. The van der Waals surface area contributed by atoms with E-state index in [1.54, 1.807) is 0 Å². The highest BCUT2D eigenvalue weighted by molar-refractivity contribution is 6.01. The molecule has 78 valence electrons. The van der Waals surface area contributed by atoms with Gasteiger partial charge in [0.15, 0.2) is 0 Å². The Morgan fingerprint density at radius 2 is 1.50 bits per heavy atom. The summed E-state index contributed by atoms with van der Waals surface area (Å²) in [7, 11) is 0. The Labute approximate surface area is 83.8 Å². The van der Waals surface area contributed by atoms with Crippen LogP contribution in [0.3, 0.4) is 0 Å². The molecule has 0 atom stereocenters. The predicted molar refractivity (Wildman–Crippen MR) is 50.9 cm³/mol. The molecule has 2 fully saturated rings. The molecule has 2 aliphatic rings. The Bertz CT molecular complexity index is 225. The van der Waals surface area contributed by atoms with Crippen molar-refractivity contribution >= 4 is 11.6 Å². The molecule has 0 amide bonds. The zero-order valence-corrected chi connectivity index (χ0v) is 8.33. The average molecular weight is 196 g/mol. The highest BCUT2D eigenvalue weighted by Gasteiger charge is 2.31. The highest BCUT2D eigenvalue weighted by Crippen LogP contribution is 2.32. The fourth-order valence-corrected chi connectivity index (χ4v) is 2.54. The summed E-state index contributed by atoms with van der Waals surface area (Å²) in [5.74, 6) is 1.13. The van der Waals surface area contributed by atoms with Crippen LogP contribution in [0.1, 0.15) is 32.1 Å². The topological polar surface area (TPSA) is 43.4 Å². The van der Waals surface area contributed by atoms with E-state index in [1.807, 2.05) is 0 Å². The Morgan fingerprint density at radius 1 is 0.929 bits per heavy atom. The predicted octanol–water partition coefficient (Wildman–Crippen LogP) is 1.35. The lowest BCUT2D eigenvalue weighted by Gasteiger charge is -2.31. The van der Waals surface area contributed by atoms with Crippen LogP contribution in [0.25, 0.3) is 0 Å². The van der Waals surface area contributed by atoms with Gasteiger partial charge in [-0.15, -0.1) is 0 Å². The van der Waals surface area contributed by atoms with Crippen molar-refractivity contribution in [1.29, 1.82) is 0 Å². The lowest BCUT2D eigenvalue weighted by Crippen LogP contribution is -2.31. The van der Waals surface area contributed by atoms with E-state index in [4.69, 9.17) is 4.74 Å². The van der Waals surface area contributed by atoms with E-state index in [9.17, 15) is 9.59 Å². The van der Waals surface area contributed by atoms with Gasteiger partial charge in [0.05, 0.1) is 6.42 Å². The van der Waals surface area contributed by atoms with E-state index < -0.39 is 0 Å². The molecule has 0 aromatic heterocycles. The first-order chi connectivity index (χ1) is 6.75. The fourth-order valence-electron chi connectivity index (χ4n) is 2.54. The van der Waals surface area contributed by atoms with Gasteiger partial charge in [0, 0.05) is 26.1 Å². The zero-order valence-electron chi connectivity index (χ0n) is 8.33. The molecule has 0 N–H and O–H groups in total. The minimum Gasteiger partial charge on any atom is -0.381 e. The molecule has 0 aromatic carbocycles. The molecule has 0 spiro atoms. The average Bonchev–Trinajstić information content (AvgIpc) is 2.18. The minimum absolute atomic E-state index is 0.137. The summed E-state index contributed by atoms with van der Waals surface area (Å²) in [5.41, 5.74) is 0. The van der Waals surface area contributed by atoms with E-state index in [2.05, 4.69) is 0 Å². The number of hydrogen-bond acceptors (Lipinski definition) is 3. The lowest BCUT2D eigenvalue weighted by atomic mass is 9.76. The molecule has 1 saturated carbocycles. The van der Waals surface area contributed by atoms with Crippen molar-refractivity contribution in [2.24, 2.45) is 11.8 Å². The van der Waals surface area contributed by atoms with Crippen LogP contribution in [0.2, 0.25) is 0 Å². The third-order valence-corrected chi connectivity index (χ3v) is 3.31. The fraction of sp³-hybridized carbons (Fsp3) is 0.818. The largest absolute Gasteiger partial charge is 0.381 e. The van der Waals surface area contributed by atoms with Crippen LogP contribution in [0.5, 0.6) is 0 Å². The molecular weight excluding hydrogens is 180 g/mol. The Hall–Kier alpha value is -0.700. The van der Waals surface area contributed by atoms with Crippen molar-refractivity contribution in [3.8, 4) is 0 Å². The van der Waals surface area contributed by atoms with Crippen LogP contribution in [0.15, 0.2) is 0 Å². The third kappa shape index (κ3) is 2.21. The maximum Gasteiger partial charge on any atom is 0.140 e. The summed E-state index contributed by atoms with van der Waals surface area (Å²) < 4.78 is 5.27. The SMILES string of the molecule is O=C1CC(=O)CC(C2CCOCC2)C1. The Morgan fingerprint density at radius 3 is 2.07 bits per heavy atom. The summed E-state index contributed by atoms with van der Waals surface area (Å²) >= 11 is 0. The number of Topliss-reactive ketones (excluding diaryl/α,β-unsaturated/α-hetero) is 2. The van der Waals surface area contributed by atoms with E-state index >= 15 is 0 Å². The summed E-state index contributed by atoms with van der Waals surface area (Å²) in [5, 5.41) is 0. The molecule has 1 aliphatic carbocycles. The van der Waals surface area contributed by atoms with Gasteiger partial charge in [0.2, 0.25) is 0 Å². The first kappa shape index (κ1) is 9.84. The molecule has 3 nitrogen and oxygen atoms in total. The van der Waals surface area contributed by atoms with Crippen molar-refractivity contribution in [3.05, 3.63) is 0 Å². The van der Waals surface area contributed by atoms with Crippen molar-refractivity contribution in [1.82, 2.24) is 0 Å². The second kappa shape index (κ2) is 4.22. The van der Waals surface area contributed by atoms with Crippen LogP contribution >= 0.6 is 0 Å². The molecule has 1 heterocycles. The number of carbonyl (C=O) groups excluding carboxylic acids is 2. The van der Waals surface area contributed by atoms with Gasteiger partial charge >= 0.3 is 0 Å². The van der Waals surface area contributed by atoms with Crippen LogP contribution < -0.4 is 0 Å². The molecule has 3 heteroatoms. The van der Waals surface area contributed by atoms with Crippen molar-refractivity contribution in [2.45, 2.75) is 32.1 Å². The normalized spacial score (nSPS) is 26.9. The highest BCUT2D eigenvalue weighted by atomic mass is 16.5. The lowest BCUT2D eigenvalue weighted by molar-refractivity contribution is -0.132. The number of hydrogen-bond donors (Lipinski definition) is 0. The van der Waals surface area contributed by atoms with Gasteiger partial charge in [0.1, 0.15) is 11.6 Å². The van der Waals surface area contributed by atoms with Crippen molar-refractivity contribution in [3.63, 3.8) is 0 Å². The molecule has 2 rings (SSSR count). The van der Waals surface area contributed by atoms with Gasteiger partial charge < -0.3 is 4.74 Å². The Kier molecular flexibility index (Phi) is 2.96. The summed E-state index contributed by atoms with van der Waals surface area (Å²) in [4.78, 5) is 22.5. The molecule has 14 heavy (non-hydrogen) atoms. The summed E-state index contributed by atoms with van der Waals surface area (Å²) in [6, 6.07) is 0. The molecule has 0 radical (unpaired) electrons. The Balaban J connectivity index is 1.95. The van der Waals surface area contributed by atoms with E-state index in [1.165, 1.54) is 0 Å². The quantitative estimate of drug-likeness (QED) is 0.594. The van der Waals surface area contributed by atoms with Gasteiger partial charge in [0.25, 0.3) is 0 Å². The van der Waals surface area contributed by atoms with Crippen LogP contribution in [0.4, 0.5) is 0 Å². The van der Waals surface area contributed by atoms with Crippen LogP contribution in [-0.2, 0) is 14.3 Å². The zero-order chi connectivity index (χ0) is 9.97. The summed E-state index contributed by atoms with van der Waals surface area (Å²) in [6.07, 6.45) is 3.46. The summed E-state index contributed by atoms with van der Waals surface area (Å²) in [6.45, 7) is 1.59. The van der Waals surface area contributed by atoms with E-state index in [-0.39, 0.29) is 18.0 Å². The first-order valence-corrected chi connectivity index (χ1v) is 5.37. The minimum atomic E-state index is 0.137. The second-order valence-corrected chi connectivity index (χ2v) is 4.37. The molecule has 0 unspecified atom stereocenters. The maximum atomic E-state index is 11.3. The number of rotatable bonds is 1. The number of ether oxygens (including phenoxy) is 1. The standard InChI is InChI=1S/C11H16O3/c12-10-5-9(6-11(13)7-10)8-1-3-14-4-2-8/h8-9H,1-7H2. The molecule has 0 bridgehead atoms. The smallest absolute Gasteiger partial charge is 0.140 e. The number of carbonyl (C=O) groups is 2. The van der Waals surface area contributed by atoms with Gasteiger partial charge in [-0.1, -0.05) is 0 Å². The van der Waals surface area contributed by atoms with Crippen LogP contribution in [-0.4, -0.2) is 24.8 Å². The van der Waals surface area contributed by atoms with Gasteiger partial charge in [-0.25, -0.2) is 0 Å². The van der Waals surface area contributed by atoms with Crippen molar-refractivity contribution < 1.29 is 14.3 Å². The molecular formula is C11H16O3. The van der Waals surface area contributed by atoms with E-state index in [0.717, 1.165) is 26.1 Å². The second-order valence-electron chi connectivity index (χ2n) is 4.37. The molecule has 1 aliphatic heterocycles. The van der Waals surface area contributed by atoms with Gasteiger partial charge in [-0.2, -0.15) is 0 Å².